The minimum absolute atomic E-state index is 0.705. The fourth-order valence-corrected chi connectivity index (χ4v) is 2.07. The monoisotopic (exact) mass is 324 g/mol. The van der Waals surface area contributed by atoms with Gasteiger partial charge in [0, 0.05) is 6.61 Å². The normalized spacial score (nSPS) is 10.5. The first-order valence-electron chi connectivity index (χ1n) is 6.16. The SMILES string of the molecule is C=CCOCCCCCCCCCCI. The largest absolute Gasteiger partial charge is 0.377 e. The fraction of sp³-hybridized carbons (Fsp3) is 0.846. The highest BCUT2D eigenvalue weighted by molar-refractivity contribution is 14.1. The standard InChI is InChI=1S/C13H25IO/c1-2-12-15-13-10-8-6-4-3-5-7-9-11-14/h2H,1,3-13H2. The predicted molar refractivity (Wildman–Crippen MR) is 76.8 cm³/mol. The van der Waals surface area contributed by atoms with Gasteiger partial charge in [-0.1, -0.05) is 67.2 Å². The first kappa shape index (κ1) is 15.4. The van der Waals surface area contributed by atoms with Crippen molar-refractivity contribution in [2.75, 3.05) is 17.6 Å². The van der Waals surface area contributed by atoms with Crippen LogP contribution in [0, 0.1) is 0 Å². The molecule has 0 bridgehead atoms. The van der Waals surface area contributed by atoms with Crippen molar-refractivity contribution < 1.29 is 4.74 Å². The van der Waals surface area contributed by atoms with E-state index in [0.717, 1.165) is 6.61 Å². The van der Waals surface area contributed by atoms with Crippen LogP contribution in [0.3, 0.4) is 0 Å². The summed E-state index contributed by atoms with van der Waals surface area (Å²) in [5.74, 6) is 0. The molecule has 0 saturated heterocycles. The molecule has 0 atom stereocenters. The molecule has 0 unspecified atom stereocenters. The Morgan fingerprint density at radius 3 is 1.93 bits per heavy atom. The van der Waals surface area contributed by atoms with Crippen molar-refractivity contribution in [3.63, 3.8) is 0 Å². The van der Waals surface area contributed by atoms with Gasteiger partial charge in [-0.2, -0.15) is 0 Å². The molecule has 0 spiro atoms. The number of halogens is 1. The van der Waals surface area contributed by atoms with E-state index in [2.05, 4.69) is 29.2 Å². The van der Waals surface area contributed by atoms with Crippen LogP contribution in [0.1, 0.15) is 51.4 Å². The summed E-state index contributed by atoms with van der Waals surface area (Å²) in [6.45, 7) is 5.23. The molecule has 0 aliphatic heterocycles. The van der Waals surface area contributed by atoms with E-state index in [-0.39, 0.29) is 0 Å². The molecule has 0 aliphatic carbocycles. The molecule has 1 nitrogen and oxygen atoms in total. The van der Waals surface area contributed by atoms with Crippen LogP contribution in [0.15, 0.2) is 12.7 Å². The highest BCUT2D eigenvalue weighted by Gasteiger charge is 1.92. The fourth-order valence-electron chi connectivity index (χ4n) is 1.53. The molecule has 0 radical (unpaired) electrons. The molecule has 0 aliphatic rings. The zero-order valence-corrected chi connectivity index (χ0v) is 12.0. The Hall–Kier alpha value is 0.430. The smallest absolute Gasteiger partial charge is 0.0644 e. The summed E-state index contributed by atoms with van der Waals surface area (Å²) in [7, 11) is 0. The lowest BCUT2D eigenvalue weighted by atomic mass is 10.1. The molecule has 0 rings (SSSR count). The average Bonchev–Trinajstić information content (AvgIpc) is 2.26. The third-order valence-electron chi connectivity index (χ3n) is 2.41. The van der Waals surface area contributed by atoms with E-state index in [9.17, 15) is 0 Å². The van der Waals surface area contributed by atoms with E-state index < -0.39 is 0 Å². The van der Waals surface area contributed by atoms with Crippen LogP contribution >= 0.6 is 22.6 Å². The summed E-state index contributed by atoms with van der Waals surface area (Å²) in [5, 5.41) is 0. The molecule has 0 N–H and O–H groups in total. The lowest BCUT2D eigenvalue weighted by Crippen LogP contribution is -1.93. The van der Waals surface area contributed by atoms with Crippen LogP contribution in [-0.2, 0) is 4.74 Å². The number of ether oxygens (including phenoxy) is 1. The van der Waals surface area contributed by atoms with E-state index in [1.165, 1.54) is 55.8 Å². The van der Waals surface area contributed by atoms with Crippen molar-refractivity contribution >= 4 is 22.6 Å². The minimum atomic E-state index is 0.705. The summed E-state index contributed by atoms with van der Waals surface area (Å²) >= 11 is 2.46. The van der Waals surface area contributed by atoms with Gasteiger partial charge in [0.2, 0.25) is 0 Å². The van der Waals surface area contributed by atoms with E-state index in [0.29, 0.717) is 6.61 Å². The number of alkyl halides is 1. The van der Waals surface area contributed by atoms with Crippen LogP contribution in [0.5, 0.6) is 0 Å². The zero-order chi connectivity index (χ0) is 11.2. The summed E-state index contributed by atoms with van der Waals surface area (Å²) in [6, 6.07) is 0. The second kappa shape index (κ2) is 14.4. The van der Waals surface area contributed by atoms with Gasteiger partial charge >= 0.3 is 0 Å². The van der Waals surface area contributed by atoms with Crippen molar-refractivity contribution in [2.24, 2.45) is 0 Å². The van der Waals surface area contributed by atoms with Crippen molar-refractivity contribution in [3.8, 4) is 0 Å². The Morgan fingerprint density at radius 2 is 1.40 bits per heavy atom. The third-order valence-corrected chi connectivity index (χ3v) is 3.17. The summed E-state index contributed by atoms with van der Waals surface area (Å²) in [6.07, 6.45) is 12.8. The van der Waals surface area contributed by atoms with Crippen molar-refractivity contribution in [1.82, 2.24) is 0 Å². The minimum Gasteiger partial charge on any atom is -0.377 e. The first-order chi connectivity index (χ1) is 7.41. The Morgan fingerprint density at radius 1 is 0.867 bits per heavy atom. The van der Waals surface area contributed by atoms with E-state index in [1.807, 2.05) is 6.08 Å². The van der Waals surface area contributed by atoms with Crippen LogP contribution in [-0.4, -0.2) is 17.6 Å². The maximum absolute atomic E-state index is 5.32. The Labute approximate surface area is 109 Å². The van der Waals surface area contributed by atoms with E-state index in [4.69, 9.17) is 4.74 Å². The number of rotatable bonds is 12. The maximum atomic E-state index is 5.32. The molecule has 0 aromatic heterocycles. The lowest BCUT2D eigenvalue weighted by Gasteiger charge is -2.02. The molecule has 2 heteroatoms. The van der Waals surface area contributed by atoms with Gasteiger partial charge in [0.15, 0.2) is 0 Å². The van der Waals surface area contributed by atoms with Crippen molar-refractivity contribution in [2.45, 2.75) is 51.4 Å². The molecule has 0 aromatic carbocycles. The van der Waals surface area contributed by atoms with Crippen LogP contribution in [0.2, 0.25) is 0 Å². The molecule has 15 heavy (non-hydrogen) atoms. The summed E-state index contributed by atoms with van der Waals surface area (Å²) in [4.78, 5) is 0. The Balaban J connectivity index is 2.83. The van der Waals surface area contributed by atoms with Crippen molar-refractivity contribution in [3.05, 3.63) is 12.7 Å². The highest BCUT2D eigenvalue weighted by atomic mass is 127. The second-order valence-electron chi connectivity index (χ2n) is 3.88. The Bertz CT molecular complexity index is 126. The van der Waals surface area contributed by atoms with Gasteiger partial charge in [-0.15, -0.1) is 6.58 Å². The molecular formula is C13H25IO. The van der Waals surface area contributed by atoms with Gasteiger partial charge in [-0.05, 0) is 17.3 Å². The average molecular weight is 324 g/mol. The van der Waals surface area contributed by atoms with Gasteiger partial charge in [0.25, 0.3) is 0 Å². The molecule has 0 saturated carbocycles. The number of unbranched alkanes of at least 4 members (excludes halogenated alkanes) is 7. The van der Waals surface area contributed by atoms with E-state index in [1.54, 1.807) is 0 Å². The van der Waals surface area contributed by atoms with Crippen LogP contribution < -0.4 is 0 Å². The van der Waals surface area contributed by atoms with Gasteiger partial charge in [0.05, 0.1) is 6.61 Å². The zero-order valence-electron chi connectivity index (χ0n) is 9.85. The molecule has 0 heterocycles. The number of hydrogen-bond acceptors (Lipinski definition) is 1. The predicted octanol–water partition coefficient (Wildman–Crippen LogP) is 4.74. The lowest BCUT2D eigenvalue weighted by molar-refractivity contribution is 0.157. The van der Waals surface area contributed by atoms with E-state index >= 15 is 0 Å². The molecule has 0 aromatic rings. The second-order valence-corrected chi connectivity index (χ2v) is 4.96. The molecule has 0 amide bonds. The molecule has 0 fully saturated rings. The molecular weight excluding hydrogens is 299 g/mol. The van der Waals surface area contributed by atoms with Crippen LogP contribution in [0.4, 0.5) is 0 Å². The Kier molecular flexibility index (Phi) is 14.8. The van der Waals surface area contributed by atoms with Gasteiger partial charge in [0.1, 0.15) is 0 Å². The highest BCUT2D eigenvalue weighted by Crippen LogP contribution is 2.09. The number of hydrogen-bond donors (Lipinski definition) is 0. The third kappa shape index (κ3) is 14.4. The first-order valence-corrected chi connectivity index (χ1v) is 7.69. The summed E-state index contributed by atoms with van der Waals surface area (Å²) < 4.78 is 6.64. The molecule has 90 valence electrons. The van der Waals surface area contributed by atoms with Crippen LogP contribution in [0.25, 0.3) is 0 Å². The van der Waals surface area contributed by atoms with Gasteiger partial charge in [-0.25, -0.2) is 0 Å². The maximum Gasteiger partial charge on any atom is 0.0644 e. The van der Waals surface area contributed by atoms with Gasteiger partial charge < -0.3 is 4.74 Å². The summed E-state index contributed by atoms with van der Waals surface area (Å²) in [5.41, 5.74) is 0. The quantitative estimate of drug-likeness (QED) is 0.218. The van der Waals surface area contributed by atoms with Crippen molar-refractivity contribution in [1.29, 1.82) is 0 Å². The topological polar surface area (TPSA) is 9.23 Å². The van der Waals surface area contributed by atoms with Gasteiger partial charge in [-0.3, -0.25) is 0 Å².